The van der Waals surface area contributed by atoms with Crippen molar-refractivity contribution in [2.75, 3.05) is 20.3 Å². The lowest BCUT2D eigenvalue weighted by Gasteiger charge is -2.16. The summed E-state index contributed by atoms with van der Waals surface area (Å²) in [6.45, 7) is 6.64. The summed E-state index contributed by atoms with van der Waals surface area (Å²) < 4.78 is 11.3. The van der Waals surface area contributed by atoms with E-state index in [0.29, 0.717) is 10.8 Å². The van der Waals surface area contributed by atoms with Crippen molar-refractivity contribution in [1.82, 2.24) is 5.32 Å². The minimum absolute atomic E-state index is 0.674. The van der Waals surface area contributed by atoms with Crippen LogP contribution in [0.25, 0.3) is 0 Å². The Morgan fingerprint density at radius 1 is 1.15 bits per heavy atom. The molecule has 0 spiro atoms. The van der Waals surface area contributed by atoms with Gasteiger partial charge in [0.05, 0.1) is 13.7 Å². The molecule has 0 saturated heterocycles. The van der Waals surface area contributed by atoms with Crippen LogP contribution in [0, 0.1) is 0 Å². The molecule has 0 fully saturated rings. The second-order valence-corrected chi connectivity index (χ2v) is 5.22. The summed E-state index contributed by atoms with van der Waals surface area (Å²) >= 11 is 6.12. The number of halogens is 1. The third-order valence-electron chi connectivity index (χ3n) is 3.13. The largest absolute Gasteiger partial charge is 0.493 e. The van der Waals surface area contributed by atoms with E-state index in [2.05, 4.69) is 19.2 Å². The van der Waals surface area contributed by atoms with Gasteiger partial charge in [-0.15, -0.1) is 0 Å². The monoisotopic (exact) mass is 299 g/mol. The summed E-state index contributed by atoms with van der Waals surface area (Å²) in [6, 6.07) is 3.74. The highest BCUT2D eigenvalue weighted by Gasteiger charge is 2.12. The number of rotatable bonds is 10. The zero-order valence-corrected chi connectivity index (χ0v) is 13.6. The van der Waals surface area contributed by atoms with Crippen molar-refractivity contribution in [2.24, 2.45) is 0 Å². The predicted molar refractivity (Wildman–Crippen MR) is 85.0 cm³/mol. The Morgan fingerprint density at radius 2 is 1.95 bits per heavy atom. The maximum Gasteiger partial charge on any atom is 0.165 e. The highest BCUT2D eigenvalue weighted by atomic mass is 35.5. The highest BCUT2D eigenvalue weighted by molar-refractivity contribution is 6.30. The van der Waals surface area contributed by atoms with E-state index >= 15 is 0 Å². The fraction of sp³-hybridized carbons (Fsp3) is 0.625. The fourth-order valence-electron chi connectivity index (χ4n) is 2.03. The van der Waals surface area contributed by atoms with Crippen LogP contribution < -0.4 is 14.8 Å². The summed E-state index contributed by atoms with van der Waals surface area (Å²) in [5, 5.41) is 3.97. The van der Waals surface area contributed by atoms with Gasteiger partial charge >= 0.3 is 0 Å². The Bertz CT molecular complexity index is 396. The highest BCUT2D eigenvalue weighted by Crippen LogP contribution is 2.34. The molecular formula is C16H26ClNO2. The summed E-state index contributed by atoms with van der Waals surface area (Å²) in [6.07, 6.45) is 4.76. The Morgan fingerprint density at radius 3 is 2.60 bits per heavy atom. The van der Waals surface area contributed by atoms with Gasteiger partial charge in [0.15, 0.2) is 11.5 Å². The van der Waals surface area contributed by atoms with E-state index in [1.54, 1.807) is 13.2 Å². The van der Waals surface area contributed by atoms with Crippen LogP contribution in [0.15, 0.2) is 12.1 Å². The second-order valence-electron chi connectivity index (χ2n) is 4.79. The van der Waals surface area contributed by atoms with Crippen LogP contribution in [0.1, 0.15) is 45.1 Å². The van der Waals surface area contributed by atoms with Crippen LogP contribution in [0.2, 0.25) is 5.02 Å². The van der Waals surface area contributed by atoms with E-state index in [-0.39, 0.29) is 0 Å². The lowest BCUT2D eigenvalue weighted by molar-refractivity contribution is 0.281. The standard InChI is InChI=1S/C16H26ClNO2/c1-4-6-7-8-9-20-16-13(12-18-5-2)10-14(17)11-15(16)19-3/h10-11,18H,4-9,12H2,1-3H3. The Balaban J connectivity index is 2.73. The molecular weight excluding hydrogens is 274 g/mol. The Labute approximate surface area is 127 Å². The topological polar surface area (TPSA) is 30.5 Å². The van der Waals surface area contributed by atoms with Crippen LogP contribution in [0.5, 0.6) is 11.5 Å². The number of methoxy groups -OCH3 is 1. The molecule has 0 aliphatic rings. The van der Waals surface area contributed by atoms with E-state index < -0.39 is 0 Å². The molecule has 1 rings (SSSR count). The number of benzene rings is 1. The van der Waals surface area contributed by atoms with Gasteiger partial charge in [0.25, 0.3) is 0 Å². The normalized spacial score (nSPS) is 10.6. The first-order valence-electron chi connectivity index (χ1n) is 7.42. The maximum absolute atomic E-state index is 6.12. The van der Waals surface area contributed by atoms with E-state index in [1.165, 1.54) is 19.3 Å². The zero-order chi connectivity index (χ0) is 14.8. The molecule has 20 heavy (non-hydrogen) atoms. The third kappa shape index (κ3) is 5.59. The molecule has 1 aromatic rings. The Hall–Kier alpha value is -0.930. The SMILES string of the molecule is CCCCCCOc1c(CNCC)cc(Cl)cc1OC. The van der Waals surface area contributed by atoms with Crippen LogP contribution >= 0.6 is 11.6 Å². The van der Waals surface area contributed by atoms with Crippen LogP contribution in [0.3, 0.4) is 0 Å². The van der Waals surface area contributed by atoms with Gasteiger partial charge in [-0.25, -0.2) is 0 Å². The molecule has 1 aromatic carbocycles. The van der Waals surface area contributed by atoms with E-state index in [4.69, 9.17) is 21.1 Å². The first-order valence-corrected chi connectivity index (χ1v) is 7.80. The fourth-order valence-corrected chi connectivity index (χ4v) is 2.26. The van der Waals surface area contributed by atoms with Crippen molar-refractivity contribution in [3.05, 3.63) is 22.7 Å². The van der Waals surface area contributed by atoms with Crippen molar-refractivity contribution in [2.45, 2.75) is 46.1 Å². The molecule has 0 heterocycles. The quantitative estimate of drug-likeness (QED) is 0.649. The minimum Gasteiger partial charge on any atom is -0.493 e. The average Bonchev–Trinajstić information content (AvgIpc) is 2.45. The average molecular weight is 300 g/mol. The molecule has 0 aliphatic heterocycles. The molecule has 114 valence electrons. The van der Waals surface area contributed by atoms with E-state index in [0.717, 1.165) is 37.4 Å². The summed E-state index contributed by atoms with van der Waals surface area (Å²) in [7, 11) is 1.65. The van der Waals surface area contributed by atoms with E-state index in [9.17, 15) is 0 Å². The van der Waals surface area contributed by atoms with Crippen LogP contribution in [0.4, 0.5) is 0 Å². The van der Waals surface area contributed by atoms with Crippen LogP contribution in [-0.2, 0) is 6.54 Å². The minimum atomic E-state index is 0.674. The molecule has 0 radical (unpaired) electrons. The third-order valence-corrected chi connectivity index (χ3v) is 3.34. The van der Waals surface area contributed by atoms with Crippen molar-refractivity contribution >= 4 is 11.6 Å². The first kappa shape index (κ1) is 17.1. The molecule has 0 saturated carbocycles. The zero-order valence-electron chi connectivity index (χ0n) is 12.8. The molecule has 1 N–H and O–H groups in total. The van der Waals surface area contributed by atoms with Gasteiger partial charge in [0.1, 0.15) is 0 Å². The molecule has 0 aromatic heterocycles. The molecule has 4 heteroatoms. The van der Waals surface area contributed by atoms with Gasteiger partial charge < -0.3 is 14.8 Å². The number of ether oxygens (including phenoxy) is 2. The lowest BCUT2D eigenvalue weighted by Crippen LogP contribution is -2.13. The van der Waals surface area contributed by atoms with E-state index in [1.807, 2.05) is 6.07 Å². The lowest BCUT2D eigenvalue weighted by atomic mass is 10.1. The van der Waals surface area contributed by atoms with Gasteiger partial charge in [-0.05, 0) is 19.0 Å². The van der Waals surface area contributed by atoms with Gasteiger partial charge in [-0.2, -0.15) is 0 Å². The summed E-state index contributed by atoms with van der Waals surface area (Å²) in [5.41, 5.74) is 1.05. The smallest absolute Gasteiger partial charge is 0.165 e. The van der Waals surface area contributed by atoms with Crippen molar-refractivity contribution in [1.29, 1.82) is 0 Å². The van der Waals surface area contributed by atoms with Crippen molar-refractivity contribution < 1.29 is 9.47 Å². The van der Waals surface area contributed by atoms with Gasteiger partial charge in [0, 0.05) is 23.2 Å². The van der Waals surface area contributed by atoms with Crippen LogP contribution in [-0.4, -0.2) is 20.3 Å². The number of hydrogen-bond acceptors (Lipinski definition) is 3. The molecule has 0 unspecified atom stereocenters. The van der Waals surface area contributed by atoms with Crippen molar-refractivity contribution in [3.8, 4) is 11.5 Å². The summed E-state index contributed by atoms with van der Waals surface area (Å²) in [4.78, 5) is 0. The molecule has 3 nitrogen and oxygen atoms in total. The van der Waals surface area contributed by atoms with Gasteiger partial charge in [0.2, 0.25) is 0 Å². The predicted octanol–water partition coefficient (Wildman–Crippen LogP) is 4.42. The molecule has 0 bridgehead atoms. The van der Waals surface area contributed by atoms with Gasteiger partial charge in [-0.1, -0.05) is 44.7 Å². The van der Waals surface area contributed by atoms with Gasteiger partial charge in [-0.3, -0.25) is 0 Å². The summed E-state index contributed by atoms with van der Waals surface area (Å²) in [5.74, 6) is 1.52. The number of nitrogens with one attached hydrogen (secondary N) is 1. The number of unbranched alkanes of at least 4 members (excludes halogenated alkanes) is 3. The second kappa shape index (κ2) is 9.89. The molecule has 0 amide bonds. The molecule has 0 aliphatic carbocycles. The maximum atomic E-state index is 6.12. The molecule has 0 atom stereocenters. The Kier molecular flexibility index (Phi) is 8.47. The number of hydrogen-bond donors (Lipinski definition) is 1. The van der Waals surface area contributed by atoms with Crippen molar-refractivity contribution in [3.63, 3.8) is 0 Å². The first-order chi connectivity index (χ1) is 9.72.